The maximum Gasteiger partial charge on any atom is 0.193 e. The topological polar surface area (TPSA) is 62.9 Å². The van der Waals surface area contributed by atoms with E-state index in [-0.39, 0.29) is 0 Å². The molecule has 5 nitrogen and oxygen atoms in total. The molecule has 150 valence electrons. The summed E-state index contributed by atoms with van der Waals surface area (Å²) in [5.41, 5.74) is 9.51. The van der Waals surface area contributed by atoms with Crippen molar-refractivity contribution >= 4 is 11.6 Å². The predicted molar refractivity (Wildman–Crippen MR) is 117 cm³/mol. The average molecular weight is 381 g/mol. The first-order chi connectivity index (χ1) is 13.7. The number of benzene rings is 2. The number of anilines is 1. The molecule has 5 heteroatoms. The lowest BCUT2D eigenvalue weighted by Gasteiger charge is -2.31. The van der Waals surface area contributed by atoms with Crippen LogP contribution in [0.5, 0.6) is 0 Å². The number of nitrogens with zero attached hydrogens (tertiary/aromatic N) is 2. The molecule has 2 aromatic rings. The largest absolute Gasteiger partial charge is 0.378 e. The lowest BCUT2D eigenvalue weighted by molar-refractivity contribution is 0.00566. The maximum absolute atomic E-state index is 6.04. The Morgan fingerprint density at radius 3 is 2.54 bits per heavy atom. The Balaban J connectivity index is 1.27. The molecule has 28 heavy (non-hydrogen) atoms. The van der Waals surface area contributed by atoms with Gasteiger partial charge in [0.25, 0.3) is 0 Å². The molecule has 1 fully saturated rings. The van der Waals surface area contributed by atoms with Gasteiger partial charge in [-0.3, -0.25) is 9.89 Å². The molecule has 3 N–H and O–H groups in total. The average Bonchev–Trinajstić information content (AvgIpc) is 2.71. The third-order valence-corrected chi connectivity index (χ3v) is 5.05. The van der Waals surface area contributed by atoms with Crippen LogP contribution in [0, 0.1) is 6.92 Å². The van der Waals surface area contributed by atoms with Crippen LogP contribution < -0.4 is 11.1 Å². The highest BCUT2D eigenvalue weighted by Gasteiger charge is 2.19. The van der Waals surface area contributed by atoms with E-state index in [1.54, 1.807) is 0 Å². The zero-order chi connectivity index (χ0) is 19.6. The molecule has 1 aliphatic heterocycles. The van der Waals surface area contributed by atoms with Gasteiger partial charge in [0.05, 0.1) is 6.10 Å². The van der Waals surface area contributed by atoms with E-state index in [0.29, 0.717) is 18.6 Å². The molecule has 0 atom stereocenters. The summed E-state index contributed by atoms with van der Waals surface area (Å²) in [4.78, 5) is 6.89. The summed E-state index contributed by atoms with van der Waals surface area (Å²) in [5.74, 6) is 0.457. The monoisotopic (exact) mass is 380 g/mol. The van der Waals surface area contributed by atoms with Crippen LogP contribution in [0.3, 0.4) is 0 Å². The zero-order valence-corrected chi connectivity index (χ0v) is 16.8. The van der Waals surface area contributed by atoms with Gasteiger partial charge < -0.3 is 15.8 Å². The molecule has 1 saturated heterocycles. The fourth-order valence-corrected chi connectivity index (χ4v) is 3.41. The first-order valence-electron chi connectivity index (χ1n) is 10.2. The van der Waals surface area contributed by atoms with Crippen LogP contribution in [0.25, 0.3) is 0 Å². The summed E-state index contributed by atoms with van der Waals surface area (Å²) in [6, 6.07) is 18.8. The van der Waals surface area contributed by atoms with E-state index in [2.05, 4.69) is 64.6 Å². The standard InChI is InChI=1S/C23H32N4O/c1-19-8-10-21(11-9-19)26-23(24)25-14-5-17-28-22-12-15-27(16-13-22)18-20-6-3-2-4-7-20/h2-4,6-11,22H,5,12-18H2,1H3,(H3,24,25,26). The van der Waals surface area contributed by atoms with Crippen LogP contribution in [0.1, 0.15) is 30.4 Å². The Labute approximate surface area is 168 Å². The van der Waals surface area contributed by atoms with Crippen molar-refractivity contribution in [2.24, 2.45) is 10.7 Å². The van der Waals surface area contributed by atoms with E-state index in [9.17, 15) is 0 Å². The highest BCUT2D eigenvalue weighted by molar-refractivity contribution is 5.92. The maximum atomic E-state index is 6.04. The quantitative estimate of drug-likeness (QED) is 0.415. The normalized spacial score (nSPS) is 16.2. The van der Waals surface area contributed by atoms with Crippen molar-refractivity contribution in [2.45, 2.75) is 38.8 Å². The van der Waals surface area contributed by atoms with Crippen molar-refractivity contribution in [3.8, 4) is 0 Å². The first-order valence-corrected chi connectivity index (χ1v) is 10.2. The highest BCUT2D eigenvalue weighted by atomic mass is 16.5. The number of nitrogens with two attached hydrogens (primary N) is 1. The number of piperidine rings is 1. The minimum absolute atomic E-state index is 0.374. The Hall–Kier alpha value is -2.37. The van der Waals surface area contributed by atoms with Crippen molar-refractivity contribution in [1.29, 1.82) is 0 Å². The molecule has 0 amide bonds. The van der Waals surface area contributed by atoms with Gasteiger partial charge in [-0.2, -0.15) is 0 Å². The molecule has 0 bridgehead atoms. The molecule has 0 saturated carbocycles. The number of ether oxygens (including phenoxy) is 1. The van der Waals surface area contributed by atoms with Crippen LogP contribution >= 0.6 is 0 Å². The van der Waals surface area contributed by atoms with Gasteiger partial charge in [0.1, 0.15) is 0 Å². The van der Waals surface area contributed by atoms with E-state index in [1.165, 1.54) is 11.1 Å². The molecule has 1 heterocycles. The third kappa shape index (κ3) is 6.98. The molecule has 1 aliphatic rings. The molecule has 0 radical (unpaired) electrons. The van der Waals surface area contributed by atoms with Crippen molar-refractivity contribution in [3.05, 3.63) is 65.7 Å². The summed E-state index contributed by atoms with van der Waals surface area (Å²) in [7, 11) is 0. The van der Waals surface area contributed by atoms with Gasteiger partial charge in [0.2, 0.25) is 0 Å². The smallest absolute Gasteiger partial charge is 0.193 e. The second-order valence-corrected chi connectivity index (χ2v) is 7.44. The minimum atomic E-state index is 0.374. The fraction of sp³-hybridized carbons (Fsp3) is 0.435. The van der Waals surface area contributed by atoms with E-state index in [1.807, 2.05) is 12.1 Å². The van der Waals surface area contributed by atoms with Gasteiger partial charge in [0.15, 0.2) is 5.96 Å². The molecular weight excluding hydrogens is 348 g/mol. The van der Waals surface area contributed by atoms with Gasteiger partial charge in [-0.25, -0.2) is 0 Å². The number of hydrogen-bond donors (Lipinski definition) is 2. The summed E-state index contributed by atoms with van der Waals surface area (Å²) < 4.78 is 6.04. The van der Waals surface area contributed by atoms with Crippen LogP contribution in [-0.2, 0) is 11.3 Å². The Bertz CT molecular complexity index is 722. The Morgan fingerprint density at radius 2 is 1.82 bits per heavy atom. The van der Waals surface area contributed by atoms with Crippen molar-refractivity contribution < 1.29 is 4.74 Å². The van der Waals surface area contributed by atoms with Crippen LogP contribution in [0.15, 0.2) is 59.6 Å². The van der Waals surface area contributed by atoms with Gasteiger partial charge >= 0.3 is 0 Å². The number of nitrogens with one attached hydrogen (secondary N) is 1. The number of rotatable bonds is 8. The van der Waals surface area contributed by atoms with Crippen LogP contribution in [0.4, 0.5) is 5.69 Å². The van der Waals surface area contributed by atoms with E-state index >= 15 is 0 Å². The van der Waals surface area contributed by atoms with Crippen LogP contribution in [0.2, 0.25) is 0 Å². The summed E-state index contributed by atoms with van der Waals surface area (Å²) >= 11 is 0. The molecular formula is C23H32N4O. The lowest BCUT2D eigenvalue weighted by Crippen LogP contribution is -2.36. The van der Waals surface area contributed by atoms with Crippen molar-refractivity contribution in [1.82, 2.24) is 4.90 Å². The number of hydrogen-bond acceptors (Lipinski definition) is 3. The van der Waals surface area contributed by atoms with Gasteiger partial charge in [0, 0.05) is 38.5 Å². The first kappa shape index (κ1) is 20.4. The SMILES string of the molecule is Cc1ccc(NC(N)=NCCCOC2CCN(Cc3ccccc3)CC2)cc1. The zero-order valence-electron chi connectivity index (χ0n) is 16.8. The van der Waals surface area contributed by atoms with E-state index < -0.39 is 0 Å². The molecule has 0 unspecified atom stereocenters. The second kappa shape index (κ2) is 10.8. The number of aliphatic imine (C=N–C) groups is 1. The van der Waals surface area contributed by atoms with Crippen LogP contribution in [-0.4, -0.2) is 43.2 Å². The molecule has 0 aliphatic carbocycles. The summed E-state index contributed by atoms with van der Waals surface area (Å²) in [5, 5.41) is 3.12. The Morgan fingerprint density at radius 1 is 1.11 bits per heavy atom. The number of likely N-dealkylation sites (tertiary alicyclic amines) is 1. The second-order valence-electron chi connectivity index (χ2n) is 7.44. The number of guanidine groups is 1. The fourth-order valence-electron chi connectivity index (χ4n) is 3.41. The molecule has 2 aromatic carbocycles. The summed E-state index contributed by atoms with van der Waals surface area (Å²) in [6.07, 6.45) is 3.47. The molecule has 0 aromatic heterocycles. The molecule has 3 rings (SSSR count). The van der Waals surface area contributed by atoms with Gasteiger partial charge in [-0.05, 0) is 43.9 Å². The Kier molecular flexibility index (Phi) is 7.88. The van der Waals surface area contributed by atoms with Crippen molar-refractivity contribution in [3.63, 3.8) is 0 Å². The third-order valence-electron chi connectivity index (χ3n) is 5.05. The predicted octanol–water partition coefficient (Wildman–Crippen LogP) is 3.79. The van der Waals surface area contributed by atoms with Crippen molar-refractivity contribution in [2.75, 3.05) is 31.6 Å². The van der Waals surface area contributed by atoms with E-state index in [0.717, 1.165) is 51.2 Å². The summed E-state index contributed by atoms with van der Waals surface area (Å²) in [6.45, 7) is 6.72. The van der Waals surface area contributed by atoms with E-state index in [4.69, 9.17) is 10.5 Å². The van der Waals surface area contributed by atoms with Gasteiger partial charge in [-0.1, -0.05) is 48.0 Å². The van der Waals surface area contributed by atoms with Gasteiger partial charge in [-0.15, -0.1) is 0 Å². The lowest BCUT2D eigenvalue weighted by atomic mass is 10.1. The highest BCUT2D eigenvalue weighted by Crippen LogP contribution is 2.16. The molecule has 0 spiro atoms. The number of aryl methyl sites for hydroxylation is 1. The minimum Gasteiger partial charge on any atom is -0.378 e.